The first-order chi connectivity index (χ1) is 22.4. The molecule has 11 heteroatoms. The molecule has 4 aliphatic carbocycles. The highest BCUT2D eigenvalue weighted by molar-refractivity contribution is 5.96. The quantitative estimate of drug-likeness (QED) is 0.243. The number of aliphatic hydroxyl groups is 1. The van der Waals surface area contributed by atoms with Gasteiger partial charge >= 0.3 is 5.97 Å². The molecule has 2 aromatic rings. The van der Waals surface area contributed by atoms with Gasteiger partial charge in [-0.2, -0.15) is 0 Å². The molecule has 6 rings (SSSR count). The number of carbonyl (C=O) groups excluding carboxylic acids is 3. The maximum absolute atomic E-state index is 12.5. The van der Waals surface area contributed by atoms with Gasteiger partial charge in [0.15, 0.2) is 12.4 Å². The molecular weight excluding hydrogens is 600 g/mol. The van der Waals surface area contributed by atoms with Gasteiger partial charge in [-0.1, -0.05) is 42.8 Å². The van der Waals surface area contributed by atoms with Crippen LogP contribution in [0.5, 0.6) is 0 Å². The molecule has 5 N–H and O–H groups in total. The number of nitrogens with one attached hydrogen (secondary N) is 3. The van der Waals surface area contributed by atoms with Crippen molar-refractivity contribution in [1.29, 1.82) is 0 Å². The number of Topliss-reactive ketones (excluding diaryl/α,β-unsaturated/α-hetero) is 1. The van der Waals surface area contributed by atoms with Gasteiger partial charge in [0, 0.05) is 28.9 Å². The fourth-order valence-corrected chi connectivity index (χ4v) is 9.61. The fourth-order valence-electron chi connectivity index (χ4n) is 9.61. The normalized spacial score (nSPS) is 32.8. The molecule has 0 radical (unpaired) electrons. The lowest BCUT2D eigenvalue weighted by Gasteiger charge is -2.59. The minimum absolute atomic E-state index is 0.0347. The number of carbonyl (C=O) groups is 4. The number of H-pyrrole nitrogens is 1. The summed E-state index contributed by atoms with van der Waals surface area (Å²) in [6.07, 6.45) is 10.9. The van der Waals surface area contributed by atoms with Crippen molar-refractivity contribution in [2.75, 3.05) is 13.2 Å². The molecule has 7 atom stereocenters. The zero-order valence-electron chi connectivity index (χ0n) is 27.4. The van der Waals surface area contributed by atoms with E-state index in [0.717, 1.165) is 67.1 Å². The molecule has 2 amide bonds. The summed E-state index contributed by atoms with van der Waals surface area (Å²) in [6.45, 7) is 5.29. The lowest BCUT2D eigenvalue weighted by Crippen LogP contribution is -2.57. The van der Waals surface area contributed by atoms with E-state index in [1.54, 1.807) is 6.20 Å². The molecule has 1 aromatic carbocycles. The molecule has 3 saturated carbocycles. The van der Waals surface area contributed by atoms with Crippen molar-refractivity contribution >= 4 is 40.2 Å². The molecule has 0 spiro atoms. The number of carboxylic acids is 1. The van der Waals surface area contributed by atoms with Gasteiger partial charge in [-0.05, 0) is 99.2 Å². The Morgan fingerprint density at radius 1 is 1.04 bits per heavy atom. The van der Waals surface area contributed by atoms with Gasteiger partial charge in [-0.3, -0.25) is 14.4 Å². The zero-order chi connectivity index (χ0) is 33.6. The van der Waals surface area contributed by atoms with Crippen LogP contribution in [0.15, 0.2) is 47.3 Å². The van der Waals surface area contributed by atoms with E-state index in [0.29, 0.717) is 24.2 Å². The van der Waals surface area contributed by atoms with Crippen LogP contribution in [-0.4, -0.2) is 69.3 Å². The highest BCUT2D eigenvalue weighted by Gasteiger charge is 2.65. The number of oxime groups is 1. The van der Waals surface area contributed by atoms with Crippen molar-refractivity contribution in [2.24, 2.45) is 33.7 Å². The van der Waals surface area contributed by atoms with Crippen molar-refractivity contribution < 1.29 is 34.2 Å². The third kappa shape index (κ3) is 5.87. The summed E-state index contributed by atoms with van der Waals surface area (Å²) in [6, 6.07) is 6.37. The van der Waals surface area contributed by atoms with Crippen LogP contribution in [0.4, 0.5) is 0 Å². The van der Waals surface area contributed by atoms with Crippen LogP contribution in [0.1, 0.15) is 77.7 Å². The molecular formula is C36H46N4O7. The number of aliphatic carboxylic acids is 1. The summed E-state index contributed by atoms with van der Waals surface area (Å²) in [5.74, 6) is -1.08. The lowest BCUT2D eigenvalue weighted by molar-refractivity contribution is -0.159. The van der Waals surface area contributed by atoms with Crippen LogP contribution >= 0.6 is 0 Å². The minimum atomic E-state index is -1.21. The summed E-state index contributed by atoms with van der Waals surface area (Å²) in [5.41, 5.74) is 2.27. The van der Waals surface area contributed by atoms with E-state index in [1.165, 1.54) is 12.5 Å². The first-order valence-electron chi connectivity index (χ1n) is 16.8. The van der Waals surface area contributed by atoms with Crippen LogP contribution in [-0.2, 0) is 30.4 Å². The second kappa shape index (κ2) is 12.6. The second-order valence-corrected chi connectivity index (χ2v) is 14.6. The van der Waals surface area contributed by atoms with Gasteiger partial charge < -0.3 is 30.7 Å². The number of ketones is 1. The number of fused-ring (bicyclic) bond motifs is 6. The highest BCUT2D eigenvalue weighted by Crippen LogP contribution is 2.67. The van der Waals surface area contributed by atoms with Gasteiger partial charge in [0.25, 0.3) is 5.91 Å². The van der Waals surface area contributed by atoms with Crippen molar-refractivity contribution in [2.45, 2.75) is 90.2 Å². The molecule has 11 nitrogen and oxygen atoms in total. The van der Waals surface area contributed by atoms with Crippen molar-refractivity contribution in [1.82, 2.24) is 15.6 Å². The standard InChI is InChI=1S/C36H46N4O7/c1-21(41)36(46)15-12-28-26-9-8-23-17-24(10-13-34(23,2)27(26)11-14-35(28,36)3)40-47-20-32(43)38-19-31(42)39-30(33(44)45)16-22-18-37-29-7-5-4-6-25(22)29/h4-7,17-18,26-28,30,37,46H,8-16,19-20H2,1-3H3,(H,38,43)(H,39,42)(H,44,45)/b40-24+/t26-,27-,28-,30-,34+,35+,36+/m1/s1. The van der Waals surface area contributed by atoms with E-state index in [-0.39, 0.29) is 36.2 Å². The molecule has 0 unspecified atom stereocenters. The number of para-hydroxylation sites is 1. The third-order valence-electron chi connectivity index (χ3n) is 12.3. The van der Waals surface area contributed by atoms with Gasteiger partial charge in [0.1, 0.15) is 11.6 Å². The molecule has 0 aliphatic heterocycles. The number of carboxylic acid groups (broad SMARTS) is 1. The third-order valence-corrected chi connectivity index (χ3v) is 12.3. The van der Waals surface area contributed by atoms with Gasteiger partial charge in [-0.15, -0.1) is 0 Å². The lowest BCUT2D eigenvalue weighted by atomic mass is 9.46. The molecule has 0 saturated heterocycles. The van der Waals surface area contributed by atoms with Crippen LogP contribution < -0.4 is 10.6 Å². The van der Waals surface area contributed by atoms with Crippen LogP contribution in [0.3, 0.4) is 0 Å². The monoisotopic (exact) mass is 646 g/mol. The van der Waals surface area contributed by atoms with Gasteiger partial charge in [0.2, 0.25) is 5.91 Å². The van der Waals surface area contributed by atoms with Gasteiger partial charge in [-0.25, -0.2) is 4.79 Å². The summed E-state index contributed by atoms with van der Waals surface area (Å²) >= 11 is 0. The molecule has 1 aromatic heterocycles. The number of hydrogen-bond donors (Lipinski definition) is 5. The van der Waals surface area contributed by atoms with E-state index >= 15 is 0 Å². The van der Waals surface area contributed by atoms with Crippen LogP contribution in [0.25, 0.3) is 10.9 Å². The van der Waals surface area contributed by atoms with Crippen LogP contribution in [0.2, 0.25) is 0 Å². The number of nitrogens with zero attached hydrogens (tertiary/aromatic N) is 1. The average molecular weight is 647 g/mol. The summed E-state index contributed by atoms with van der Waals surface area (Å²) in [5, 5.41) is 31.1. The number of allylic oxidation sites excluding steroid dienone is 2. The topological polar surface area (TPSA) is 170 Å². The van der Waals surface area contributed by atoms with E-state index in [9.17, 15) is 29.4 Å². The first kappa shape index (κ1) is 32.9. The molecule has 0 bridgehead atoms. The Bertz CT molecular complexity index is 1650. The van der Waals surface area contributed by atoms with Crippen molar-refractivity contribution in [3.8, 4) is 0 Å². The largest absolute Gasteiger partial charge is 0.480 e. The number of amides is 2. The van der Waals surface area contributed by atoms with E-state index in [4.69, 9.17) is 4.84 Å². The predicted molar refractivity (Wildman–Crippen MR) is 175 cm³/mol. The predicted octanol–water partition coefficient (Wildman–Crippen LogP) is 4.05. The summed E-state index contributed by atoms with van der Waals surface area (Å²) in [4.78, 5) is 57.7. The number of hydrogen-bond acceptors (Lipinski definition) is 7. The van der Waals surface area contributed by atoms with E-state index in [2.05, 4.69) is 40.7 Å². The number of rotatable bonds is 10. The zero-order valence-corrected chi connectivity index (χ0v) is 27.4. The summed E-state index contributed by atoms with van der Waals surface area (Å²) < 4.78 is 0. The molecule has 1 heterocycles. The van der Waals surface area contributed by atoms with Crippen molar-refractivity contribution in [3.63, 3.8) is 0 Å². The number of aromatic nitrogens is 1. The van der Waals surface area contributed by atoms with Gasteiger partial charge in [0.05, 0.1) is 12.3 Å². The Labute approximate surface area is 274 Å². The smallest absolute Gasteiger partial charge is 0.326 e. The molecule has 252 valence electrons. The fraction of sp³-hybridized carbons (Fsp3) is 0.583. The maximum Gasteiger partial charge on any atom is 0.326 e. The van der Waals surface area contributed by atoms with Crippen LogP contribution in [0, 0.1) is 28.6 Å². The number of benzene rings is 1. The Hall–Kier alpha value is -3.99. The molecule has 4 aliphatic rings. The molecule has 47 heavy (non-hydrogen) atoms. The minimum Gasteiger partial charge on any atom is -0.480 e. The van der Waals surface area contributed by atoms with Crippen molar-refractivity contribution in [3.05, 3.63) is 47.7 Å². The Kier molecular flexibility index (Phi) is 8.80. The average Bonchev–Trinajstić information content (AvgIpc) is 3.58. The molecule has 3 fully saturated rings. The Morgan fingerprint density at radius 2 is 1.81 bits per heavy atom. The number of aromatic amines is 1. The highest BCUT2D eigenvalue weighted by atomic mass is 16.6. The first-order valence-corrected chi connectivity index (χ1v) is 16.8. The second-order valence-electron chi connectivity index (χ2n) is 14.6. The SMILES string of the molecule is CC(=O)[C@@]1(O)CC[C@@H]2[C@@H]3CCC4=C/C(=N/OCC(=O)NCC(=O)N[C@H](Cc5c[nH]c6ccccc56)C(=O)O)CC[C@]4(C)[C@@H]3CC[C@@]21C. The summed E-state index contributed by atoms with van der Waals surface area (Å²) in [7, 11) is 0. The Morgan fingerprint density at radius 3 is 2.57 bits per heavy atom. The Balaban J connectivity index is 0.991. The van der Waals surface area contributed by atoms with E-state index < -0.39 is 29.4 Å². The maximum atomic E-state index is 12.5. The van der Waals surface area contributed by atoms with E-state index in [1.807, 2.05) is 24.3 Å².